The van der Waals surface area contributed by atoms with Crippen molar-refractivity contribution in [3.8, 4) is 5.75 Å². The minimum atomic E-state index is -5.33. The van der Waals surface area contributed by atoms with E-state index in [1.165, 1.54) is 4.98 Å². The first-order valence-corrected chi connectivity index (χ1v) is 4.19. The summed E-state index contributed by atoms with van der Waals surface area (Å²) >= 11 is 0. The molecular formula is C8H4F7NO2. The summed E-state index contributed by atoms with van der Waals surface area (Å²) in [5.74, 6) is -1.51. The zero-order valence-corrected chi connectivity index (χ0v) is 8.25. The van der Waals surface area contributed by atoms with Gasteiger partial charge in [-0.1, -0.05) is 0 Å². The van der Waals surface area contributed by atoms with Crippen LogP contribution in [0.5, 0.6) is 5.75 Å². The van der Waals surface area contributed by atoms with Crippen LogP contribution < -0.4 is 10.3 Å². The standard InChI is InChI=1S/C8H4F7NO2/c9-2-3-4(18-8(13,14)15)1-5(17)16-6(3)7(10,11)12/h1H,2H2,(H,16,17). The molecule has 18 heavy (non-hydrogen) atoms. The van der Waals surface area contributed by atoms with E-state index in [4.69, 9.17) is 0 Å². The number of H-pyrrole nitrogens is 1. The lowest BCUT2D eigenvalue weighted by molar-refractivity contribution is -0.275. The predicted molar refractivity (Wildman–Crippen MR) is 43.6 cm³/mol. The van der Waals surface area contributed by atoms with Crippen LogP contribution in [0.2, 0.25) is 0 Å². The minimum Gasteiger partial charge on any atom is -0.405 e. The van der Waals surface area contributed by atoms with E-state index in [2.05, 4.69) is 4.74 Å². The number of pyridine rings is 1. The van der Waals surface area contributed by atoms with Gasteiger partial charge in [0.05, 0.1) is 5.56 Å². The first-order chi connectivity index (χ1) is 8.04. The van der Waals surface area contributed by atoms with Gasteiger partial charge in [0.25, 0.3) is 5.56 Å². The number of hydrogen-bond acceptors (Lipinski definition) is 2. The quantitative estimate of drug-likeness (QED) is 0.846. The van der Waals surface area contributed by atoms with Gasteiger partial charge in [-0.05, 0) is 0 Å². The Morgan fingerprint density at radius 2 is 1.72 bits per heavy atom. The molecule has 3 nitrogen and oxygen atoms in total. The van der Waals surface area contributed by atoms with Crippen molar-refractivity contribution in [2.45, 2.75) is 19.2 Å². The number of aromatic amines is 1. The van der Waals surface area contributed by atoms with Gasteiger partial charge in [-0.25, -0.2) is 4.39 Å². The number of rotatable bonds is 2. The maximum absolute atomic E-state index is 12.4. The van der Waals surface area contributed by atoms with E-state index in [1.807, 2.05) is 0 Å². The molecule has 0 radical (unpaired) electrons. The molecule has 0 fully saturated rings. The smallest absolute Gasteiger partial charge is 0.405 e. The van der Waals surface area contributed by atoms with E-state index in [-0.39, 0.29) is 6.07 Å². The molecule has 0 saturated carbocycles. The molecular weight excluding hydrogens is 275 g/mol. The van der Waals surface area contributed by atoms with Crippen LogP contribution in [0.4, 0.5) is 30.7 Å². The summed E-state index contributed by atoms with van der Waals surface area (Å²) < 4.78 is 88.3. The van der Waals surface area contributed by atoms with Crippen LogP contribution in [-0.2, 0) is 12.9 Å². The molecule has 1 rings (SSSR count). The molecule has 0 aliphatic rings. The molecule has 0 unspecified atom stereocenters. The fraction of sp³-hybridized carbons (Fsp3) is 0.375. The van der Waals surface area contributed by atoms with Crippen LogP contribution in [0.15, 0.2) is 10.9 Å². The Morgan fingerprint density at radius 1 is 1.17 bits per heavy atom. The van der Waals surface area contributed by atoms with Crippen LogP contribution in [0, 0.1) is 0 Å². The maximum atomic E-state index is 12.4. The summed E-state index contributed by atoms with van der Waals surface area (Å²) in [4.78, 5) is 12.0. The third-order valence-corrected chi connectivity index (χ3v) is 1.75. The predicted octanol–water partition coefficient (Wildman–Crippen LogP) is 2.76. The summed E-state index contributed by atoms with van der Waals surface area (Å²) in [7, 11) is 0. The van der Waals surface area contributed by atoms with E-state index in [0.717, 1.165) is 0 Å². The van der Waals surface area contributed by atoms with Gasteiger partial charge in [0.2, 0.25) is 0 Å². The van der Waals surface area contributed by atoms with Gasteiger partial charge in [-0.2, -0.15) is 13.2 Å². The largest absolute Gasteiger partial charge is 0.573 e. The lowest BCUT2D eigenvalue weighted by Gasteiger charge is -2.15. The fourth-order valence-electron chi connectivity index (χ4n) is 1.15. The van der Waals surface area contributed by atoms with Gasteiger partial charge in [0.15, 0.2) is 0 Å². The fourth-order valence-corrected chi connectivity index (χ4v) is 1.15. The lowest BCUT2D eigenvalue weighted by atomic mass is 10.2. The number of ether oxygens (including phenoxy) is 1. The summed E-state index contributed by atoms with van der Waals surface area (Å²) in [5, 5.41) is 0. The highest BCUT2D eigenvalue weighted by Gasteiger charge is 2.39. The Hall–Kier alpha value is -1.74. The van der Waals surface area contributed by atoms with Gasteiger partial charge >= 0.3 is 12.5 Å². The SMILES string of the molecule is O=c1cc(OC(F)(F)F)c(CF)c(C(F)(F)F)[nH]1. The van der Waals surface area contributed by atoms with Gasteiger partial charge < -0.3 is 9.72 Å². The highest BCUT2D eigenvalue weighted by Crippen LogP contribution is 2.35. The molecule has 0 bridgehead atoms. The molecule has 10 heteroatoms. The minimum absolute atomic E-state index is 0.0949. The van der Waals surface area contributed by atoms with E-state index >= 15 is 0 Å². The molecule has 0 aliphatic heterocycles. The normalized spacial score (nSPS) is 12.6. The van der Waals surface area contributed by atoms with Crippen molar-refractivity contribution < 1.29 is 35.5 Å². The molecule has 0 amide bonds. The second-order valence-corrected chi connectivity index (χ2v) is 3.03. The molecule has 0 saturated heterocycles. The monoisotopic (exact) mass is 279 g/mol. The van der Waals surface area contributed by atoms with E-state index in [0.29, 0.717) is 0 Å². The zero-order chi connectivity index (χ0) is 14.1. The molecule has 1 heterocycles. The number of alkyl halides is 7. The number of halogens is 7. The van der Waals surface area contributed by atoms with Gasteiger partial charge in [-0.3, -0.25) is 4.79 Å². The number of nitrogens with one attached hydrogen (secondary N) is 1. The first kappa shape index (κ1) is 14.3. The molecule has 1 N–H and O–H groups in total. The third-order valence-electron chi connectivity index (χ3n) is 1.75. The van der Waals surface area contributed by atoms with Gasteiger partial charge in [0, 0.05) is 6.07 Å². The van der Waals surface area contributed by atoms with Crippen LogP contribution in [0.25, 0.3) is 0 Å². The lowest BCUT2D eigenvalue weighted by Crippen LogP contribution is -2.24. The average molecular weight is 279 g/mol. The van der Waals surface area contributed by atoms with Crippen molar-refractivity contribution in [2.24, 2.45) is 0 Å². The number of hydrogen-bond donors (Lipinski definition) is 1. The summed E-state index contributed by atoms with van der Waals surface area (Å²) in [5.41, 5.74) is -4.81. The van der Waals surface area contributed by atoms with E-state index < -0.39 is 41.8 Å². The van der Waals surface area contributed by atoms with Crippen molar-refractivity contribution in [3.05, 3.63) is 27.7 Å². The topological polar surface area (TPSA) is 42.1 Å². The number of aromatic nitrogens is 1. The van der Waals surface area contributed by atoms with E-state index in [1.54, 1.807) is 0 Å². The molecule has 1 aromatic rings. The van der Waals surface area contributed by atoms with Crippen LogP contribution in [0.1, 0.15) is 11.3 Å². The van der Waals surface area contributed by atoms with Crippen LogP contribution in [0.3, 0.4) is 0 Å². The van der Waals surface area contributed by atoms with Crippen LogP contribution >= 0.6 is 0 Å². The summed E-state index contributed by atoms with van der Waals surface area (Å²) in [6.07, 6.45) is -10.5. The third kappa shape index (κ3) is 3.37. The summed E-state index contributed by atoms with van der Waals surface area (Å²) in [6, 6.07) is 0.0949. The van der Waals surface area contributed by atoms with Crippen LogP contribution in [-0.4, -0.2) is 11.3 Å². The summed E-state index contributed by atoms with van der Waals surface area (Å²) in [6.45, 7) is -1.88. The Labute approximate surface area is 94.2 Å². The molecule has 0 aliphatic carbocycles. The Morgan fingerprint density at radius 3 is 2.11 bits per heavy atom. The Balaban J connectivity index is 3.44. The molecule has 0 aromatic carbocycles. The molecule has 0 spiro atoms. The van der Waals surface area contributed by atoms with E-state index in [9.17, 15) is 35.5 Å². The second kappa shape index (κ2) is 4.50. The highest BCUT2D eigenvalue weighted by atomic mass is 19.4. The Kier molecular flexibility index (Phi) is 3.58. The molecule has 102 valence electrons. The van der Waals surface area contributed by atoms with Crippen molar-refractivity contribution in [2.75, 3.05) is 0 Å². The average Bonchev–Trinajstić information content (AvgIpc) is 2.12. The zero-order valence-electron chi connectivity index (χ0n) is 8.25. The van der Waals surface area contributed by atoms with Gasteiger partial charge in [0.1, 0.15) is 18.1 Å². The molecule has 1 aromatic heterocycles. The second-order valence-electron chi connectivity index (χ2n) is 3.03. The molecule has 0 atom stereocenters. The highest BCUT2D eigenvalue weighted by molar-refractivity contribution is 5.37. The van der Waals surface area contributed by atoms with Crippen molar-refractivity contribution >= 4 is 0 Å². The van der Waals surface area contributed by atoms with Crippen molar-refractivity contribution in [3.63, 3.8) is 0 Å². The van der Waals surface area contributed by atoms with Gasteiger partial charge in [-0.15, -0.1) is 13.2 Å². The first-order valence-electron chi connectivity index (χ1n) is 4.19. The Bertz CT molecular complexity index is 488. The maximum Gasteiger partial charge on any atom is 0.573 e. The van der Waals surface area contributed by atoms with Crippen molar-refractivity contribution in [1.29, 1.82) is 0 Å². The van der Waals surface area contributed by atoms with Crippen molar-refractivity contribution in [1.82, 2.24) is 4.98 Å².